The summed E-state index contributed by atoms with van der Waals surface area (Å²) in [7, 11) is -1.64. The molecule has 0 radical (unpaired) electrons. The van der Waals surface area contributed by atoms with E-state index in [1.807, 2.05) is 0 Å². The molecule has 0 spiro atoms. The molecular formula is C27H60O2PTi+. The maximum Gasteiger partial charge on any atom is 0.142 e. The van der Waals surface area contributed by atoms with Gasteiger partial charge in [0.2, 0.25) is 0 Å². The van der Waals surface area contributed by atoms with Crippen LogP contribution >= 0.6 is 7.49 Å². The molecule has 0 aliphatic rings. The van der Waals surface area contributed by atoms with Gasteiger partial charge >= 0.3 is 0 Å². The number of rotatable bonds is 21. The summed E-state index contributed by atoms with van der Waals surface area (Å²) in [6, 6.07) is 0. The minimum atomic E-state index is -1.64. The molecule has 31 heavy (non-hydrogen) atoms. The van der Waals surface area contributed by atoms with Crippen LogP contribution in [-0.2, 0) is 21.7 Å². The Morgan fingerprint density at radius 3 is 0.903 bits per heavy atom. The second-order valence-corrected chi connectivity index (χ2v) is 13.2. The standard InChI is InChI=1S/C24H52OP.C3H8O.Ti/c1-4-7-10-13-16-19-22-26(25,23-20-17-14-11-8-5-2)24-21-18-15-12-9-6-3;1-3(2)4;/h25H,4-24H2,1-3H3;3-4H,1-2H3;/q+1;;. The molecular weight excluding hydrogens is 435 g/mol. The molecule has 0 aliphatic heterocycles. The predicted molar refractivity (Wildman–Crippen MR) is 141 cm³/mol. The van der Waals surface area contributed by atoms with Gasteiger partial charge in [0.1, 0.15) is 7.49 Å². The van der Waals surface area contributed by atoms with Crippen LogP contribution in [0, 0.1) is 0 Å². The molecule has 2 nitrogen and oxygen atoms in total. The van der Waals surface area contributed by atoms with E-state index in [-0.39, 0.29) is 27.8 Å². The van der Waals surface area contributed by atoms with Gasteiger partial charge < -0.3 is 5.11 Å². The zero-order chi connectivity index (χ0) is 22.9. The van der Waals surface area contributed by atoms with E-state index >= 15 is 0 Å². The van der Waals surface area contributed by atoms with Crippen LogP contribution < -0.4 is 0 Å². The molecule has 0 aromatic heterocycles. The maximum atomic E-state index is 11.3. The second kappa shape index (κ2) is 29.1. The average Bonchev–Trinajstić information content (AvgIpc) is 2.70. The fourth-order valence-electron chi connectivity index (χ4n) is 3.89. The summed E-state index contributed by atoms with van der Waals surface area (Å²) in [6.45, 7) is 10.3. The molecule has 0 bridgehead atoms. The van der Waals surface area contributed by atoms with Crippen molar-refractivity contribution in [3.63, 3.8) is 0 Å². The summed E-state index contributed by atoms with van der Waals surface area (Å²) in [6.07, 6.45) is 27.6. The van der Waals surface area contributed by atoms with E-state index in [0.29, 0.717) is 0 Å². The Labute approximate surface area is 213 Å². The van der Waals surface area contributed by atoms with Gasteiger partial charge in [-0.1, -0.05) is 97.8 Å². The van der Waals surface area contributed by atoms with Gasteiger partial charge in [-0.25, -0.2) is 0 Å². The molecule has 0 aliphatic carbocycles. The second-order valence-electron chi connectivity index (χ2n) is 9.66. The van der Waals surface area contributed by atoms with Gasteiger partial charge in [-0.2, -0.15) is 0 Å². The maximum absolute atomic E-state index is 11.3. The topological polar surface area (TPSA) is 40.5 Å². The van der Waals surface area contributed by atoms with Gasteiger partial charge in [0.05, 0.1) is 18.5 Å². The monoisotopic (exact) mass is 495 g/mol. The Balaban J connectivity index is -0.00000143. The van der Waals surface area contributed by atoms with Crippen LogP contribution in [0.5, 0.6) is 0 Å². The Morgan fingerprint density at radius 1 is 0.484 bits per heavy atom. The Bertz CT molecular complexity index is 270. The number of hydrogen-bond acceptors (Lipinski definition) is 2. The first-order valence-corrected chi connectivity index (χ1v) is 16.0. The first-order chi connectivity index (χ1) is 14.4. The normalized spacial score (nSPS) is 11.2. The van der Waals surface area contributed by atoms with Crippen LogP contribution in [0.2, 0.25) is 0 Å². The van der Waals surface area contributed by atoms with Gasteiger partial charge in [-0.3, -0.25) is 4.89 Å². The van der Waals surface area contributed by atoms with Crippen LogP contribution in [0.3, 0.4) is 0 Å². The van der Waals surface area contributed by atoms with Gasteiger partial charge in [0.15, 0.2) is 0 Å². The molecule has 0 aromatic rings. The fraction of sp³-hybridized carbons (Fsp3) is 1.00. The molecule has 4 heteroatoms. The minimum absolute atomic E-state index is 0. The van der Waals surface area contributed by atoms with Crippen molar-refractivity contribution in [3.8, 4) is 0 Å². The largest absolute Gasteiger partial charge is 0.394 e. The number of aliphatic hydroxyl groups excluding tert-OH is 1. The zero-order valence-electron chi connectivity index (χ0n) is 22.3. The molecule has 0 saturated heterocycles. The molecule has 0 atom stereocenters. The summed E-state index contributed by atoms with van der Waals surface area (Å²) < 4.78 is 0. The van der Waals surface area contributed by atoms with Crippen molar-refractivity contribution >= 4 is 7.49 Å². The Morgan fingerprint density at radius 2 is 0.677 bits per heavy atom. The Hall–Kier alpha value is 1.06. The molecule has 188 valence electrons. The molecule has 0 saturated carbocycles. The number of aliphatic hydroxyl groups is 1. The van der Waals surface area contributed by atoms with E-state index in [1.54, 1.807) is 13.8 Å². The fourth-order valence-corrected chi connectivity index (χ4v) is 7.00. The van der Waals surface area contributed by atoms with Crippen molar-refractivity contribution in [3.05, 3.63) is 0 Å². The van der Waals surface area contributed by atoms with Crippen molar-refractivity contribution < 1.29 is 31.7 Å². The molecule has 0 heterocycles. The SMILES string of the molecule is CC(C)O.CCCCCCCC[P+](O)(CCCCCCCC)CCCCCCCC.[Ti]. The molecule has 0 unspecified atom stereocenters. The first-order valence-electron chi connectivity index (χ1n) is 13.7. The zero-order valence-corrected chi connectivity index (χ0v) is 24.7. The van der Waals surface area contributed by atoms with Gasteiger partial charge in [-0.05, 0) is 52.4 Å². The quantitative estimate of drug-likeness (QED) is 0.0946. The third kappa shape index (κ3) is 33.3. The van der Waals surface area contributed by atoms with Crippen LogP contribution in [0.15, 0.2) is 0 Å². The summed E-state index contributed by atoms with van der Waals surface area (Å²) in [4.78, 5) is 11.3. The van der Waals surface area contributed by atoms with E-state index < -0.39 is 7.49 Å². The summed E-state index contributed by atoms with van der Waals surface area (Å²) >= 11 is 0. The van der Waals surface area contributed by atoms with Crippen LogP contribution in [0.4, 0.5) is 0 Å². The van der Waals surface area contributed by atoms with Gasteiger partial charge in [0, 0.05) is 27.8 Å². The first kappa shape index (κ1) is 36.6. The average molecular weight is 496 g/mol. The van der Waals surface area contributed by atoms with Crippen molar-refractivity contribution in [2.45, 2.75) is 156 Å². The summed E-state index contributed by atoms with van der Waals surface area (Å²) in [5.74, 6) is 0. The Kier molecular flexibility index (Phi) is 34.4. The summed E-state index contributed by atoms with van der Waals surface area (Å²) in [5, 5.41) is 8.06. The smallest absolute Gasteiger partial charge is 0.142 e. The van der Waals surface area contributed by atoms with E-state index in [2.05, 4.69) is 20.8 Å². The van der Waals surface area contributed by atoms with Crippen molar-refractivity contribution in [1.29, 1.82) is 0 Å². The minimum Gasteiger partial charge on any atom is -0.394 e. The van der Waals surface area contributed by atoms with Crippen molar-refractivity contribution in [2.75, 3.05) is 18.5 Å². The van der Waals surface area contributed by atoms with Gasteiger partial charge in [0.25, 0.3) is 0 Å². The molecule has 2 N–H and O–H groups in total. The molecule has 0 amide bonds. The van der Waals surface area contributed by atoms with E-state index in [1.165, 1.54) is 116 Å². The molecule has 0 aromatic carbocycles. The van der Waals surface area contributed by atoms with Crippen molar-refractivity contribution in [2.24, 2.45) is 0 Å². The third-order valence-corrected chi connectivity index (χ3v) is 9.23. The number of unbranched alkanes of at least 4 members (excludes halogenated alkanes) is 15. The third-order valence-electron chi connectivity index (χ3n) is 5.78. The van der Waals surface area contributed by atoms with Crippen LogP contribution in [-0.4, -0.2) is 34.6 Å². The molecule has 0 rings (SSSR count). The van der Waals surface area contributed by atoms with E-state index in [9.17, 15) is 4.89 Å². The molecule has 0 fully saturated rings. The van der Waals surface area contributed by atoms with Crippen LogP contribution in [0.1, 0.15) is 150 Å². The summed E-state index contributed by atoms with van der Waals surface area (Å²) in [5.41, 5.74) is 0. The van der Waals surface area contributed by atoms with Gasteiger partial charge in [-0.15, -0.1) is 0 Å². The van der Waals surface area contributed by atoms with Crippen molar-refractivity contribution in [1.82, 2.24) is 0 Å². The number of hydrogen-bond donors (Lipinski definition) is 2. The van der Waals surface area contributed by atoms with Crippen LogP contribution in [0.25, 0.3) is 0 Å². The van der Waals surface area contributed by atoms with E-state index in [0.717, 1.165) is 18.5 Å². The predicted octanol–water partition coefficient (Wildman–Crippen LogP) is 9.38. The van der Waals surface area contributed by atoms with E-state index in [4.69, 9.17) is 5.11 Å².